The Morgan fingerprint density at radius 3 is 2.60 bits per heavy atom. The summed E-state index contributed by atoms with van der Waals surface area (Å²) < 4.78 is 0. The molecule has 1 aromatic carbocycles. The molecular weight excluding hydrogens is 340 g/mol. The van der Waals surface area contributed by atoms with Crippen LogP contribution in [0.1, 0.15) is 21.7 Å². The van der Waals surface area contributed by atoms with Crippen LogP contribution < -0.4 is 21.7 Å². The van der Waals surface area contributed by atoms with Gasteiger partial charge in [0.15, 0.2) is 0 Å². The number of nitrogens with two attached hydrogens (primary N) is 1. The lowest BCUT2D eigenvalue weighted by atomic mass is 10.2. The summed E-state index contributed by atoms with van der Waals surface area (Å²) >= 11 is 1.65. The first-order valence-electron chi connectivity index (χ1n) is 7.78. The van der Waals surface area contributed by atoms with E-state index in [2.05, 4.69) is 16.0 Å². The minimum Gasteiger partial charge on any atom is -0.370 e. The Bertz CT molecular complexity index is 731. The second-order valence-corrected chi connectivity index (χ2v) is 6.30. The van der Waals surface area contributed by atoms with Crippen molar-refractivity contribution in [3.05, 3.63) is 52.2 Å². The van der Waals surface area contributed by atoms with Crippen LogP contribution in [-0.2, 0) is 11.2 Å². The van der Waals surface area contributed by atoms with Crippen LogP contribution in [-0.4, -0.2) is 30.9 Å². The van der Waals surface area contributed by atoms with Gasteiger partial charge in [0, 0.05) is 35.6 Å². The van der Waals surface area contributed by atoms with Crippen LogP contribution in [0, 0.1) is 0 Å². The second-order valence-electron chi connectivity index (χ2n) is 5.26. The van der Waals surface area contributed by atoms with Gasteiger partial charge in [-0.05, 0) is 36.1 Å². The summed E-state index contributed by atoms with van der Waals surface area (Å²) in [6.45, 7) is 0.703. The van der Waals surface area contributed by atoms with Crippen molar-refractivity contribution in [2.45, 2.75) is 12.8 Å². The van der Waals surface area contributed by atoms with E-state index in [4.69, 9.17) is 5.73 Å². The van der Waals surface area contributed by atoms with Crippen LogP contribution in [0.5, 0.6) is 0 Å². The normalized spacial score (nSPS) is 10.1. The summed E-state index contributed by atoms with van der Waals surface area (Å²) in [5.41, 5.74) is 5.92. The zero-order chi connectivity index (χ0) is 18.1. The van der Waals surface area contributed by atoms with Crippen molar-refractivity contribution >= 4 is 34.9 Å². The number of hydrogen-bond acceptors (Lipinski definition) is 4. The van der Waals surface area contributed by atoms with E-state index in [1.54, 1.807) is 35.6 Å². The number of carbonyl (C=O) groups excluding carboxylic acids is 3. The van der Waals surface area contributed by atoms with E-state index >= 15 is 0 Å². The SMILES string of the molecule is NC(=O)CCNC(=O)c1cccc(NC(=O)NCCc2cccs2)c1. The lowest BCUT2D eigenvalue weighted by molar-refractivity contribution is -0.117. The van der Waals surface area contributed by atoms with Crippen LogP contribution in [0.2, 0.25) is 0 Å². The minimum atomic E-state index is -0.477. The third-order valence-corrected chi connectivity index (χ3v) is 4.21. The summed E-state index contributed by atoms with van der Waals surface area (Å²) in [5, 5.41) is 10.0. The molecular formula is C17H20N4O3S. The van der Waals surface area contributed by atoms with Gasteiger partial charge in [-0.2, -0.15) is 0 Å². The maximum atomic E-state index is 12.0. The summed E-state index contributed by atoms with van der Waals surface area (Å²) in [6, 6.07) is 10.2. The Hall–Kier alpha value is -2.87. The van der Waals surface area contributed by atoms with Gasteiger partial charge in [-0.15, -0.1) is 11.3 Å². The maximum Gasteiger partial charge on any atom is 0.319 e. The molecule has 2 aromatic rings. The number of amides is 4. The molecule has 0 saturated carbocycles. The Morgan fingerprint density at radius 1 is 1.04 bits per heavy atom. The van der Waals surface area contributed by atoms with E-state index in [1.165, 1.54) is 4.88 Å². The smallest absolute Gasteiger partial charge is 0.319 e. The number of primary amides is 1. The molecule has 132 valence electrons. The highest BCUT2D eigenvalue weighted by Gasteiger charge is 2.08. The van der Waals surface area contributed by atoms with Crippen molar-refractivity contribution in [3.8, 4) is 0 Å². The van der Waals surface area contributed by atoms with Gasteiger partial charge in [0.05, 0.1) is 0 Å². The van der Waals surface area contributed by atoms with Crippen molar-refractivity contribution in [2.24, 2.45) is 5.73 Å². The molecule has 0 saturated heterocycles. The number of urea groups is 1. The molecule has 0 spiro atoms. The number of nitrogens with one attached hydrogen (secondary N) is 3. The maximum absolute atomic E-state index is 12.0. The largest absolute Gasteiger partial charge is 0.370 e. The first-order chi connectivity index (χ1) is 12.0. The Balaban J connectivity index is 1.80. The molecule has 0 fully saturated rings. The summed E-state index contributed by atoms with van der Waals surface area (Å²) in [4.78, 5) is 35.8. The fourth-order valence-corrected chi connectivity index (χ4v) is 2.78. The number of carbonyl (C=O) groups is 3. The van der Waals surface area contributed by atoms with E-state index in [9.17, 15) is 14.4 Å². The summed E-state index contributed by atoms with van der Waals surface area (Å²) in [7, 11) is 0. The minimum absolute atomic E-state index is 0.0797. The number of thiophene rings is 1. The van der Waals surface area contributed by atoms with E-state index < -0.39 is 5.91 Å². The highest BCUT2D eigenvalue weighted by molar-refractivity contribution is 7.09. The van der Waals surface area contributed by atoms with E-state index in [0.29, 0.717) is 17.8 Å². The van der Waals surface area contributed by atoms with E-state index in [-0.39, 0.29) is 24.9 Å². The molecule has 25 heavy (non-hydrogen) atoms. The molecule has 0 aliphatic rings. The third-order valence-electron chi connectivity index (χ3n) is 3.28. The average molecular weight is 360 g/mol. The summed E-state index contributed by atoms with van der Waals surface area (Å²) in [6.07, 6.45) is 0.851. The molecule has 0 radical (unpaired) electrons. The molecule has 7 nitrogen and oxygen atoms in total. The first-order valence-corrected chi connectivity index (χ1v) is 8.66. The van der Waals surface area contributed by atoms with Crippen LogP contribution in [0.25, 0.3) is 0 Å². The van der Waals surface area contributed by atoms with Crippen LogP contribution in [0.3, 0.4) is 0 Å². The first kappa shape index (κ1) is 18.5. The van der Waals surface area contributed by atoms with Gasteiger partial charge in [0.2, 0.25) is 5.91 Å². The van der Waals surface area contributed by atoms with Gasteiger partial charge in [-0.3, -0.25) is 9.59 Å². The van der Waals surface area contributed by atoms with Crippen LogP contribution in [0.15, 0.2) is 41.8 Å². The zero-order valence-electron chi connectivity index (χ0n) is 13.6. The molecule has 1 heterocycles. The predicted octanol–water partition coefficient (Wildman–Crippen LogP) is 1.72. The van der Waals surface area contributed by atoms with Gasteiger partial charge in [0.25, 0.3) is 5.91 Å². The second kappa shape index (κ2) is 9.43. The molecule has 0 aliphatic heterocycles. The van der Waals surface area contributed by atoms with Gasteiger partial charge in [0.1, 0.15) is 0 Å². The van der Waals surface area contributed by atoms with Crippen LogP contribution >= 0.6 is 11.3 Å². The highest BCUT2D eigenvalue weighted by atomic mass is 32.1. The van der Waals surface area contributed by atoms with Gasteiger partial charge in [-0.1, -0.05) is 12.1 Å². The molecule has 0 bridgehead atoms. The van der Waals surface area contributed by atoms with Gasteiger partial charge < -0.3 is 21.7 Å². The molecule has 0 unspecified atom stereocenters. The van der Waals surface area contributed by atoms with Gasteiger partial charge >= 0.3 is 6.03 Å². The van der Waals surface area contributed by atoms with Crippen molar-refractivity contribution in [2.75, 3.05) is 18.4 Å². The van der Waals surface area contributed by atoms with Crippen molar-refractivity contribution in [1.29, 1.82) is 0 Å². The number of benzene rings is 1. The average Bonchev–Trinajstić information content (AvgIpc) is 3.08. The number of anilines is 1. The molecule has 8 heteroatoms. The van der Waals surface area contributed by atoms with Crippen molar-refractivity contribution in [3.63, 3.8) is 0 Å². The van der Waals surface area contributed by atoms with E-state index in [0.717, 1.165) is 6.42 Å². The molecule has 5 N–H and O–H groups in total. The number of hydrogen-bond donors (Lipinski definition) is 4. The highest BCUT2D eigenvalue weighted by Crippen LogP contribution is 2.11. The molecule has 1 aromatic heterocycles. The molecule has 2 rings (SSSR count). The third kappa shape index (κ3) is 6.64. The van der Waals surface area contributed by atoms with Gasteiger partial charge in [-0.25, -0.2) is 4.79 Å². The lowest BCUT2D eigenvalue weighted by Crippen LogP contribution is -2.30. The zero-order valence-corrected chi connectivity index (χ0v) is 14.4. The molecule has 0 aliphatic carbocycles. The fourth-order valence-electron chi connectivity index (χ4n) is 2.07. The standard InChI is InChI=1S/C17H20N4O3S/c18-15(22)7-9-19-16(23)12-3-1-4-13(11-12)21-17(24)20-8-6-14-5-2-10-25-14/h1-5,10-11H,6-9H2,(H2,18,22)(H,19,23)(H2,20,21,24). The molecule has 0 atom stereocenters. The van der Waals surface area contributed by atoms with E-state index in [1.807, 2.05) is 17.5 Å². The monoisotopic (exact) mass is 360 g/mol. The van der Waals surface area contributed by atoms with Crippen molar-refractivity contribution in [1.82, 2.24) is 10.6 Å². The lowest BCUT2D eigenvalue weighted by Gasteiger charge is -2.09. The Labute approximate surface area is 149 Å². The molecule has 4 amide bonds. The Morgan fingerprint density at radius 2 is 1.88 bits per heavy atom. The number of rotatable bonds is 8. The van der Waals surface area contributed by atoms with Crippen molar-refractivity contribution < 1.29 is 14.4 Å². The summed E-state index contributed by atoms with van der Waals surface area (Å²) in [5.74, 6) is -0.807. The Kier molecular flexibility index (Phi) is 6.97. The topological polar surface area (TPSA) is 113 Å². The predicted molar refractivity (Wildman–Crippen MR) is 97.6 cm³/mol. The van der Waals surface area contributed by atoms with Crippen LogP contribution in [0.4, 0.5) is 10.5 Å². The fraction of sp³-hybridized carbons (Fsp3) is 0.235. The quantitative estimate of drug-likeness (QED) is 0.575.